The topological polar surface area (TPSA) is 46.9 Å². The molecule has 0 amide bonds. The quantitative estimate of drug-likeness (QED) is 0.824. The van der Waals surface area contributed by atoms with Crippen LogP contribution in [0.5, 0.6) is 0 Å². The number of nitrogens with zero attached hydrogens (tertiary/aromatic N) is 2. The van der Waals surface area contributed by atoms with E-state index in [0.29, 0.717) is 17.7 Å². The van der Waals surface area contributed by atoms with E-state index >= 15 is 0 Å². The van der Waals surface area contributed by atoms with Crippen LogP contribution in [0, 0.1) is 11.8 Å². The minimum atomic E-state index is -0.0194. The van der Waals surface area contributed by atoms with Crippen molar-refractivity contribution >= 4 is 5.82 Å². The van der Waals surface area contributed by atoms with Gasteiger partial charge in [-0.25, -0.2) is 4.98 Å². The molecule has 108 valence electrons. The fraction of sp³-hybridized carbons (Fsp3) is 0.733. The molecule has 0 fully saturated rings. The molecule has 1 rings (SSSR count). The molecular weight excluding hydrogens is 238 g/mol. The van der Waals surface area contributed by atoms with Crippen LogP contribution in [0.4, 0.5) is 5.82 Å². The highest BCUT2D eigenvalue weighted by Crippen LogP contribution is 2.15. The lowest BCUT2D eigenvalue weighted by Crippen LogP contribution is -2.32. The van der Waals surface area contributed by atoms with Crippen LogP contribution in [0.3, 0.4) is 0 Å². The minimum absolute atomic E-state index is 0.0194. The molecule has 1 atom stereocenters. The Labute approximate surface area is 116 Å². The van der Waals surface area contributed by atoms with Gasteiger partial charge >= 0.3 is 0 Å². The summed E-state index contributed by atoms with van der Waals surface area (Å²) in [5.41, 5.74) is -0.0194. The Kier molecular flexibility index (Phi) is 6.06. The zero-order chi connectivity index (χ0) is 14.4. The van der Waals surface area contributed by atoms with Gasteiger partial charge in [-0.2, -0.15) is 0 Å². The molecule has 1 unspecified atom stereocenters. The zero-order valence-electron chi connectivity index (χ0n) is 12.8. The Morgan fingerprint density at radius 2 is 1.89 bits per heavy atom. The van der Waals surface area contributed by atoms with Crippen molar-refractivity contribution in [2.24, 2.45) is 11.8 Å². The van der Waals surface area contributed by atoms with Gasteiger partial charge in [0.05, 0.1) is 0 Å². The highest BCUT2D eigenvalue weighted by Gasteiger charge is 2.15. The molecule has 0 spiro atoms. The predicted molar refractivity (Wildman–Crippen MR) is 80.5 cm³/mol. The average Bonchev–Trinajstić information content (AvgIpc) is 2.35. The summed E-state index contributed by atoms with van der Waals surface area (Å²) in [6.07, 6.45) is 5.68. The van der Waals surface area contributed by atoms with Crippen LogP contribution < -0.4 is 10.9 Å². The summed E-state index contributed by atoms with van der Waals surface area (Å²) < 4.78 is 1.74. The van der Waals surface area contributed by atoms with E-state index in [2.05, 4.69) is 44.9 Å². The minimum Gasteiger partial charge on any atom is -0.363 e. The molecule has 0 aliphatic rings. The van der Waals surface area contributed by atoms with Crippen LogP contribution in [0.2, 0.25) is 0 Å². The summed E-state index contributed by atoms with van der Waals surface area (Å²) in [7, 11) is 0. The van der Waals surface area contributed by atoms with E-state index in [0.717, 1.165) is 19.4 Å². The van der Waals surface area contributed by atoms with Gasteiger partial charge in [-0.05, 0) is 18.8 Å². The Hall–Kier alpha value is -1.32. The van der Waals surface area contributed by atoms with E-state index in [9.17, 15) is 4.79 Å². The molecule has 0 aliphatic heterocycles. The summed E-state index contributed by atoms with van der Waals surface area (Å²) in [6.45, 7) is 11.4. The van der Waals surface area contributed by atoms with Gasteiger partial charge in [-0.3, -0.25) is 4.79 Å². The Balaban J connectivity index is 2.87. The van der Waals surface area contributed by atoms with Crippen LogP contribution in [0.25, 0.3) is 0 Å². The van der Waals surface area contributed by atoms with E-state index in [-0.39, 0.29) is 11.6 Å². The molecule has 4 nitrogen and oxygen atoms in total. The van der Waals surface area contributed by atoms with Crippen molar-refractivity contribution in [2.75, 3.05) is 5.32 Å². The van der Waals surface area contributed by atoms with Gasteiger partial charge < -0.3 is 9.88 Å². The Morgan fingerprint density at radius 3 is 2.42 bits per heavy atom. The highest BCUT2D eigenvalue weighted by atomic mass is 16.1. The monoisotopic (exact) mass is 265 g/mol. The molecule has 0 radical (unpaired) electrons. The van der Waals surface area contributed by atoms with Gasteiger partial charge in [0, 0.05) is 25.0 Å². The predicted octanol–water partition coefficient (Wildman–Crippen LogP) is 3.14. The summed E-state index contributed by atoms with van der Waals surface area (Å²) in [6, 6.07) is 0.269. The van der Waals surface area contributed by atoms with Crippen LogP contribution >= 0.6 is 0 Å². The maximum absolute atomic E-state index is 12.3. The highest BCUT2D eigenvalue weighted by molar-refractivity contribution is 5.32. The van der Waals surface area contributed by atoms with Gasteiger partial charge in [0.1, 0.15) is 0 Å². The molecule has 19 heavy (non-hydrogen) atoms. The lowest BCUT2D eigenvalue weighted by Gasteiger charge is -2.23. The molecule has 1 heterocycles. The molecular formula is C15H27N3O. The first kappa shape index (κ1) is 15.7. The zero-order valence-corrected chi connectivity index (χ0v) is 12.8. The van der Waals surface area contributed by atoms with Crippen LogP contribution in [-0.2, 0) is 6.54 Å². The first-order valence-electron chi connectivity index (χ1n) is 7.31. The normalized spacial score (nSPS) is 13.0. The molecule has 0 saturated heterocycles. The first-order chi connectivity index (χ1) is 8.99. The Bertz CT molecular complexity index is 435. The van der Waals surface area contributed by atoms with E-state index in [1.165, 1.54) is 0 Å². The third kappa shape index (κ3) is 4.37. The number of aromatic nitrogens is 2. The van der Waals surface area contributed by atoms with Crippen LogP contribution in [0.1, 0.15) is 47.5 Å². The number of anilines is 1. The van der Waals surface area contributed by atoms with Crippen LogP contribution in [-0.4, -0.2) is 15.6 Å². The summed E-state index contributed by atoms with van der Waals surface area (Å²) in [5.74, 6) is 1.49. The van der Waals surface area contributed by atoms with E-state index in [1.807, 2.05) is 0 Å². The summed E-state index contributed by atoms with van der Waals surface area (Å²) >= 11 is 0. The third-order valence-electron chi connectivity index (χ3n) is 3.60. The average molecular weight is 265 g/mol. The fourth-order valence-electron chi connectivity index (χ4n) is 2.41. The maximum Gasteiger partial charge on any atom is 0.293 e. The number of rotatable bonds is 7. The van der Waals surface area contributed by atoms with Gasteiger partial charge in [-0.15, -0.1) is 0 Å². The van der Waals surface area contributed by atoms with Crippen molar-refractivity contribution in [2.45, 2.75) is 60.0 Å². The van der Waals surface area contributed by atoms with E-state index in [4.69, 9.17) is 0 Å². The maximum atomic E-state index is 12.3. The third-order valence-corrected chi connectivity index (χ3v) is 3.60. The van der Waals surface area contributed by atoms with Crippen molar-refractivity contribution in [3.8, 4) is 0 Å². The first-order valence-corrected chi connectivity index (χ1v) is 7.31. The second kappa shape index (κ2) is 7.31. The summed E-state index contributed by atoms with van der Waals surface area (Å²) in [5, 5.41) is 3.28. The van der Waals surface area contributed by atoms with Crippen molar-refractivity contribution in [1.82, 2.24) is 9.55 Å². The molecule has 1 N–H and O–H groups in total. The molecule has 0 aromatic carbocycles. The van der Waals surface area contributed by atoms with E-state index < -0.39 is 0 Å². The largest absolute Gasteiger partial charge is 0.363 e. The molecule has 4 heteroatoms. The van der Waals surface area contributed by atoms with Crippen molar-refractivity contribution in [3.05, 3.63) is 22.7 Å². The second-order valence-electron chi connectivity index (χ2n) is 5.64. The van der Waals surface area contributed by atoms with Gasteiger partial charge in [0.2, 0.25) is 0 Å². The molecule has 0 aliphatic carbocycles. The molecule has 1 aromatic heterocycles. The van der Waals surface area contributed by atoms with E-state index in [1.54, 1.807) is 17.0 Å². The smallest absolute Gasteiger partial charge is 0.293 e. The van der Waals surface area contributed by atoms with Crippen molar-refractivity contribution < 1.29 is 0 Å². The number of nitrogens with one attached hydrogen (secondary N) is 1. The molecule has 0 bridgehead atoms. The van der Waals surface area contributed by atoms with Crippen LogP contribution in [0.15, 0.2) is 17.2 Å². The van der Waals surface area contributed by atoms with Gasteiger partial charge in [-0.1, -0.05) is 40.5 Å². The standard InChI is InChI=1S/C15H27N3O/c1-6-13(7-2)12(5)17-14-15(19)18(9-8-16-14)10-11(3)4/h8-9,11-13H,6-7,10H2,1-5H3,(H,16,17). The van der Waals surface area contributed by atoms with Crippen molar-refractivity contribution in [1.29, 1.82) is 0 Å². The van der Waals surface area contributed by atoms with Crippen molar-refractivity contribution in [3.63, 3.8) is 0 Å². The lowest BCUT2D eigenvalue weighted by atomic mass is 9.95. The van der Waals surface area contributed by atoms with Gasteiger partial charge in [0.15, 0.2) is 5.82 Å². The summed E-state index contributed by atoms with van der Waals surface area (Å²) in [4.78, 5) is 16.5. The fourth-order valence-corrected chi connectivity index (χ4v) is 2.41. The van der Waals surface area contributed by atoms with Gasteiger partial charge in [0.25, 0.3) is 5.56 Å². The second-order valence-corrected chi connectivity index (χ2v) is 5.64. The molecule has 1 aromatic rings. The number of hydrogen-bond donors (Lipinski definition) is 1. The molecule has 0 saturated carbocycles. The lowest BCUT2D eigenvalue weighted by molar-refractivity contribution is 0.435. The SMILES string of the molecule is CCC(CC)C(C)Nc1nccn(CC(C)C)c1=O. The Morgan fingerprint density at radius 1 is 1.26 bits per heavy atom. The number of hydrogen-bond acceptors (Lipinski definition) is 3.